The van der Waals surface area contributed by atoms with E-state index in [0.717, 1.165) is 26.2 Å². The number of pyridine rings is 1. The van der Waals surface area contributed by atoms with Gasteiger partial charge < -0.3 is 29.2 Å². The molecule has 2 atom stereocenters. The summed E-state index contributed by atoms with van der Waals surface area (Å²) in [5.41, 5.74) is 4.63. The van der Waals surface area contributed by atoms with Gasteiger partial charge in [0.1, 0.15) is 16.3 Å². The van der Waals surface area contributed by atoms with Crippen molar-refractivity contribution in [3.63, 3.8) is 0 Å². The Morgan fingerprint density at radius 1 is 1.12 bits per heavy atom. The van der Waals surface area contributed by atoms with Crippen LogP contribution in [0.3, 0.4) is 0 Å². The monoisotopic (exact) mass is 589 g/mol. The highest BCUT2D eigenvalue weighted by Crippen LogP contribution is 2.46. The maximum Gasteiger partial charge on any atom is 0.411 e. The Morgan fingerprint density at radius 3 is 2.62 bits per heavy atom. The van der Waals surface area contributed by atoms with E-state index in [0.29, 0.717) is 50.6 Å². The summed E-state index contributed by atoms with van der Waals surface area (Å²) in [7, 11) is 3.02. The van der Waals surface area contributed by atoms with Crippen LogP contribution in [0.25, 0.3) is 31.8 Å². The average Bonchev–Trinajstić information content (AvgIpc) is 3.45. The predicted octanol–water partition coefficient (Wildman–Crippen LogP) is 5.00. The average molecular weight is 590 g/mol. The van der Waals surface area contributed by atoms with Crippen molar-refractivity contribution >= 4 is 44.4 Å². The van der Waals surface area contributed by atoms with E-state index in [2.05, 4.69) is 15.0 Å². The van der Waals surface area contributed by atoms with E-state index in [1.807, 2.05) is 19.1 Å². The van der Waals surface area contributed by atoms with Gasteiger partial charge in [0.25, 0.3) is 0 Å². The van der Waals surface area contributed by atoms with Crippen molar-refractivity contribution in [2.45, 2.75) is 26.1 Å². The largest absolute Gasteiger partial charge is 0.484 e. The first-order chi connectivity index (χ1) is 20.2. The summed E-state index contributed by atoms with van der Waals surface area (Å²) >= 11 is 1.42. The zero-order valence-corrected chi connectivity index (χ0v) is 24.0. The molecular formula is C29H27N5O7S. The van der Waals surface area contributed by atoms with Gasteiger partial charge in [-0.05, 0) is 49.2 Å². The van der Waals surface area contributed by atoms with Gasteiger partial charge in [-0.2, -0.15) is 0 Å². The maximum atomic E-state index is 12.1. The fourth-order valence-corrected chi connectivity index (χ4v) is 5.94. The molecule has 216 valence electrons. The number of aryl methyl sites for hydroxylation is 1. The second-order valence-electron chi connectivity index (χ2n) is 9.74. The summed E-state index contributed by atoms with van der Waals surface area (Å²) in [4.78, 5) is 31.4. The number of hydrogen-bond acceptors (Lipinski definition) is 11. The normalized spacial score (nSPS) is 15.0. The van der Waals surface area contributed by atoms with Crippen LogP contribution >= 0.6 is 11.3 Å². The van der Waals surface area contributed by atoms with E-state index >= 15 is 0 Å². The Kier molecular flexibility index (Phi) is 7.12. The summed E-state index contributed by atoms with van der Waals surface area (Å²) in [6.07, 6.45) is 0.568. The quantitative estimate of drug-likeness (QED) is 0.264. The number of aliphatic hydroxyl groups excluding tert-OH is 1. The maximum absolute atomic E-state index is 12.1. The highest BCUT2D eigenvalue weighted by atomic mass is 32.1. The third-order valence-electron chi connectivity index (χ3n) is 6.91. The predicted molar refractivity (Wildman–Crippen MR) is 156 cm³/mol. The molecule has 0 fully saturated rings. The molecule has 0 saturated heterocycles. The lowest BCUT2D eigenvalue weighted by Gasteiger charge is -2.30. The van der Waals surface area contributed by atoms with Gasteiger partial charge in [0.05, 0.1) is 61.5 Å². The molecule has 3 aromatic heterocycles. The first kappa shape index (κ1) is 27.4. The summed E-state index contributed by atoms with van der Waals surface area (Å²) < 4.78 is 23.6. The number of amides is 1. The Hall–Kier alpha value is -4.75. The minimum absolute atomic E-state index is 0.0358. The van der Waals surface area contributed by atoms with Crippen LogP contribution in [0.5, 0.6) is 23.3 Å². The lowest BCUT2D eigenvalue weighted by molar-refractivity contribution is 0.0961. The van der Waals surface area contributed by atoms with Gasteiger partial charge in [-0.3, -0.25) is 4.90 Å². The fraction of sp³-hybridized carbons (Fsp3) is 0.276. The Morgan fingerprint density at radius 2 is 1.93 bits per heavy atom. The minimum atomic E-state index is -1.14. The number of hydrogen-bond donors (Lipinski definition) is 2. The number of methoxy groups -OCH3 is 2. The molecule has 0 spiro atoms. The first-order valence-electron chi connectivity index (χ1n) is 13.0. The van der Waals surface area contributed by atoms with Crippen LogP contribution < -0.4 is 23.8 Å². The molecule has 6 rings (SSSR count). The van der Waals surface area contributed by atoms with Crippen molar-refractivity contribution in [2.75, 3.05) is 32.3 Å². The van der Waals surface area contributed by atoms with Crippen LogP contribution in [0.1, 0.15) is 24.2 Å². The van der Waals surface area contributed by atoms with Gasteiger partial charge in [0, 0.05) is 11.6 Å². The summed E-state index contributed by atoms with van der Waals surface area (Å²) in [5.74, 6) is 1.82. The van der Waals surface area contributed by atoms with Gasteiger partial charge in [-0.25, -0.2) is 24.7 Å². The van der Waals surface area contributed by atoms with Crippen molar-refractivity contribution in [1.82, 2.24) is 19.9 Å². The van der Waals surface area contributed by atoms with E-state index in [-0.39, 0.29) is 13.2 Å². The third-order valence-corrected chi connectivity index (χ3v) is 8.00. The second-order valence-corrected chi connectivity index (χ2v) is 10.7. The van der Waals surface area contributed by atoms with Gasteiger partial charge >= 0.3 is 6.09 Å². The molecule has 1 aliphatic heterocycles. The SMILES string of the molecule is COc1ccc(N(CC2COc3c(cc(C)c4nc(-c5cc(C(C)O)cc6nc(OC)cnc56)sc34)O2)C(=O)O)cn1. The van der Waals surface area contributed by atoms with E-state index in [9.17, 15) is 15.0 Å². The van der Waals surface area contributed by atoms with Gasteiger partial charge in [-0.1, -0.05) is 0 Å². The van der Waals surface area contributed by atoms with Crippen molar-refractivity contribution in [3.05, 3.63) is 53.9 Å². The topological polar surface area (TPSA) is 149 Å². The Balaban J connectivity index is 1.35. The molecule has 4 heterocycles. The third kappa shape index (κ3) is 4.97. The summed E-state index contributed by atoms with van der Waals surface area (Å²) in [6.45, 7) is 3.79. The number of fused-ring (bicyclic) bond motifs is 4. The molecule has 1 amide bonds. The van der Waals surface area contributed by atoms with Crippen molar-refractivity contribution in [1.29, 1.82) is 0 Å². The molecule has 2 aromatic carbocycles. The highest BCUT2D eigenvalue weighted by molar-refractivity contribution is 7.22. The van der Waals surface area contributed by atoms with Crippen LogP contribution in [0.15, 0.2) is 42.7 Å². The molecule has 5 aromatic rings. The van der Waals surface area contributed by atoms with Crippen molar-refractivity contribution < 1.29 is 34.0 Å². The molecule has 0 saturated carbocycles. The van der Waals surface area contributed by atoms with E-state index in [1.165, 1.54) is 31.8 Å². The number of rotatable bonds is 7. The highest BCUT2D eigenvalue weighted by Gasteiger charge is 2.30. The first-order valence-corrected chi connectivity index (χ1v) is 13.8. The number of nitrogens with zero attached hydrogens (tertiary/aromatic N) is 5. The molecule has 2 N–H and O–H groups in total. The number of benzene rings is 2. The second kappa shape index (κ2) is 10.9. The Bertz CT molecular complexity index is 1810. The van der Waals surface area contributed by atoms with Crippen LogP contribution in [0.4, 0.5) is 10.5 Å². The summed E-state index contributed by atoms with van der Waals surface area (Å²) in [5, 5.41) is 20.9. The number of anilines is 1. The standard InChI is InChI=1S/C29H27N5O7S/c1-14-7-21-26(40-13-18(41-21)12-34(29(36)37)17-5-6-22(38-3)30-10-17)27-24(14)33-28(42-27)19-8-16(15(2)35)9-20-25(19)31-11-23(32-20)39-4/h5-11,15,18,35H,12-13H2,1-4H3,(H,36,37). The minimum Gasteiger partial charge on any atom is -0.484 e. The van der Waals surface area contributed by atoms with Crippen LogP contribution in [0.2, 0.25) is 0 Å². The molecule has 0 bridgehead atoms. The van der Waals surface area contributed by atoms with Gasteiger partial charge in [0.15, 0.2) is 17.6 Å². The molecule has 2 unspecified atom stereocenters. The molecule has 42 heavy (non-hydrogen) atoms. The van der Waals surface area contributed by atoms with Crippen LogP contribution in [0, 0.1) is 6.92 Å². The number of thiazole rings is 1. The van der Waals surface area contributed by atoms with E-state index < -0.39 is 18.3 Å². The molecule has 0 aliphatic carbocycles. The molecule has 12 nitrogen and oxygen atoms in total. The molecule has 13 heteroatoms. The van der Waals surface area contributed by atoms with E-state index in [4.69, 9.17) is 23.9 Å². The molecular weight excluding hydrogens is 562 g/mol. The summed E-state index contributed by atoms with van der Waals surface area (Å²) in [6, 6.07) is 8.74. The number of aromatic nitrogens is 4. The van der Waals surface area contributed by atoms with E-state index in [1.54, 1.807) is 31.3 Å². The number of ether oxygens (including phenoxy) is 4. The molecule has 1 aliphatic rings. The zero-order valence-electron chi connectivity index (χ0n) is 23.2. The van der Waals surface area contributed by atoms with Crippen molar-refractivity contribution in [3.8, 4) is 33.8 Å². The Labute approximate surface area is 244 Å². The smallest absolute Gasteiger partial charge is 0.411 e. The molecule has 0 radical (unpaired) electrons. The lowest BCUT2D eigenvalue weighted by atomic mass is 10.0. The number of aliphatic hydroxyl groups is 1. The van der Waals surface area contributed by atoms with Crippen molar-refractivity contribution in [2.24, 2.45) is 0 Å². The van der Waals surface area contributed by atoms with Crippen LogP contribution in [-0.2, 0) is 0 Å². The van der Waals surface area contributed by atoms with Crippen LogP contribution in [-0.4, -0.2) is 69.7 Å². The zero-order chi connectivity index (χ0) is 29.5. The number of carbonyl (C=O) groups is 1. The lowest BCUT2D eigenvalue weighted by Crippen LogP contribution is -2.43. The van der Waals surface area contributed by atoms with Gasteiger partial charge in [0.2, 0.25) is 11.8 Å². The van der Waals surface area contributed by atoms with Gasteiger partial charge in [-0.15, -0.1) is 11.3 Å². The number of carboxylic acid groups (broad SMARTS) is 1. The fourth-order valence-electron chi connectivity index (χ4n) is 4.79.